The molecule has 0 amide bonds. The first-order valence-corrected chi connectivity index (χ1v) is 5.73. The fraction of sp³-hybridized carbons (Fsp3) is 0.538. The second-order valence-corrected chi connectivity index (χ2v) is 4.15. The average molecular weight is 222 g/mol. The van der Waals surface area contributed by atoms with Crippen LogP contribution in [0.4, 0.5) is 5.69 Å². The molecule has 0 aliphatic heterocycles. The van der Waals surface area contributed by atoms with Gasteiger partial charge in [0.15, 0.2) is 0 Å². The number of hydrogen-bond donors (Lipinski definition) is 1. The SMILES string of the molecule is COCCN(c1cccc(CN)c1)C(C)C. The van der Waals surface area contributed by atoms with Crippen LogP contribution in [0.15, 0.2) is 24.3 Å². The molecule has 3 heteroatoms. The quantitative estimate of drug-likeness (QED) is 0.800. The largest absolute Gasteiger partial charge is 0.383 e. The Bertz CT molecular complexity index is 313. The van der Waals surface area contributed by atoms with Crippen LogP contribution in [0.5, 0.6) is 0 Å². The minimum atomic E-state index is 0.461. The van der Waals surface area contributed by atoms with E-state index in [0.29, 0.717) is 12.6 Å². The van der Waals surface area contributed by atoms with E-state index in [0.717, 1.165) is 13.2 Å². The highest BCUT2D eigenvalue weighted by Crippen LogP contribution is 2.18. The summed E-state index contributed by atoms with van der Waals surface area (Å²) in [4.78, 5) is 2.32. The van der Waals surface area contributed by atoms with Crippen LogP contribution in [0, 0.1) is 0 Å². The Morgan fingerprint density at radius 3 is 2.69 bits per heavy atom. The van der Waals surface area contributed by atoms with E-state index < -0.39 is 0 Å². The summed E-state index contributed by atoms with van der Waals surface area (Å²) in [6, 6.07) is 8.84. The Kier molecular flexibility index (Phi) is 5.29. The van der Waals surface area contributed by atoms with E-state index in [1.54, 1.807) is 7.11 Å². The van der Waals surface area contributed by atoms with Crippen molar-refractivity contribution in [1.82, 2.24) is 0 Å². The summed E-state index contributed by atoms with van der Waals surface area (Å²) >= 11 is 0. The van der Waals surface area contributed by atoms with Crippen LogP contribution in [0.3, 0.4) is 0 Å². The summed E-state index contributed by atoms with van der Waals surface area (Å²) in [5.74, 6) is 0. The molecule has 0 bridgehead atoms. The number of rotatable bonds is 6. The van der Waals surface area contributed by atoms with E-state index in [4.69, 9.17) is 10.5 Å². The summed E-state index contributed by atoms with van der Waals surface area (Å²) in [6.45, 7) is 6.60. The normalized spacial score (nSPS) is 10.8. The van der Waals surface area contributed by atoms with Gasteiger partial charge >= 0.3 is 0 Å². The maximum atomic E-state index is 5.65. The molecule has 1 rings (SSSR count). The van der Waals surface area contributed by atoms with Crippen LogP contribution in [0.25, 0.3) is 0 Å². The molecule has 0 saturated heterocycles. The maximum absolute atomic E-state index is 5.65. The molecular weight excluding hydrogens is 200 g/mol. The molecule has 0 radical (unpaired) electrons. The second kappa shape index (κ2) is 6.51. The van der Waals surface area contributed by atoms with E-state index in [-0.39, 0.29) is 0 Å². The van der Waals surface area contributed by atoms with Crippen molar-refractivity contribution in [3.63, 3.8) is 0 Å². The van der Waals surface area contributed by atoms with Crippen LogP contribution in [0.1, 0.15) is 19.4 Å². The lowest BCUT2D eigenvalue weighted by atomic mass is 10.1. The van der Waals surface area contributed by atoms with Crippen LogP contribution >= 0.6 is 0 Å². The minimum Gasteiger partial charge on any atom is -0.383 e. The van der Waals surface area contributed by atoms with Gasteiger partial charge in [-0.05, 0) is 31.5 Å². The number of anilines is 1. The van der Waals surface area contributed by atoms with Crippen molar-refractivity contribution >= 4 is 5.69 Å². The molecule has 0 aromatic heterocycles. The first-order valence-electron chi connectivity index (χ1n) is 5.73. The lowest BCUT2D eigenvalue weighted by molar-refractivity contribution is 0.204. The molecule has 1 aromatic rings. The molecule has 0 spiro atoms. The van der Waals surface area contributed by atoms with Gasteiger partial charge in [-0.3, -0.25) is 0 Å². The van der Waals surface area contributed by atoms with E-state index >= 15 is 0 Å². The van der Waals surface area contributed by atoms with Crippen LogP contribution < -0.4 is 10.6 Å². The first kappa shape index (κ1) is 13.0. The lowest BCUT2D eigenvalue weighted by Gasteiger charge is -2.29. The summed E-state index contributed by atoms with van der Waals surface area (Å²) in [5, 5.41) is 0. The summed E-state index contributed by atoms with van der Waals surface area (Å²) in [6.07, 6.45) is 0. The molecule has 0 heterocycles. The Labute approximate surface area is 98.2 Å². The second-order valence-electron chi connectivity index (χ2n) is 4.15. The highest BCUT2D eigenvalue weighted by atomic mass is 16.5. The van der Waals surface area contributed by atoms with Gasteiger partial charge in [-0.25, -0.2) is 0 Å². The highest BCUT2D eigenvalue weighted by Gasteiger charge is 2.10. The van der Waals surface area contributed by atoms with Crippen molar-refractivity contribution in [1.29, 1.82) is 0 Å². The third kappa shape index (κ3) is 3.51. The van der Waals surface area contributed by atoms with Crippen LogP contribution in [0.2, 0.25) is 0 Å². The van der Waals surface area contributed by atoms with Gasteiger partial charge in [0.05, 0.1) is 6.61 Å². The van der Waals surface area contributed by atoms with Crippen molar-refractivity contribution in [2.75, 3.05) is 25.2 Å². The van der Waals surface area contributed by atoms with Gasteiger partial charge in [-0.2, -0.15) is 0 Å². The summed E-state index contributed by atoms with van der Waals surface area (Å²) in [5.41, 5.74) is 8.04. The molecule has 0 unspecified atom stereocenters. The highest BCUT2D eigenvalue weighted by molar-refractivity contribution is 5.49. The average Bonchev–Trinajstić information content (AvgIpc) is 2.29. The zero-order chi connectivity index (χ0) is 12.0. The fourth-order valence-electron chi connectivity index (χ4n) is 1.74. The maximum Gasteiger partial charge on any atom is 0.0637 e. The molecule has 2 N–H and O–H groups in total. The molecular formula is C13H22N2O. The third-order valence-electron chi connectivity index (χ3n) is 2.64. The summed E-state index contributed by atoms with van der Waals surface area (Å²) < 4.78 is 5.13. The predicted octanol–water partition coefficient (Wildman–Crippen LogP) is 2.01. The van der Waals surface area contributed by atoms with E-state index in [1.807, 2.05) is 0 Å². The molecule has 0 atom stereocenters. The number of ether oxygens (including phenoxy) is 1. The van der Waals surface area contributed by atoms with Crippen molar-refractivity contribution in [2.45, 2.75) is 26.4 Å². The van der Waals surface area contributed by atoms with Gasteiger partial charge < -0.3 is 15.4 Å². The zero-order valence-corrected chi connectivity index (χ0v) is 10.4. The molecule has 0 aliphatic rings. The van der Waals surface area contributed by atoms with Crippen molar-refractivity contribution in [2.24, 2.45) is 5.73 Å². The van der Waals surface area contributed by atoms with E-state index in [2.05, 4.69) is 43.0 Å². The zero-order valence-electron chi connectivity index (χ0n) is 10.4. The number of benzene rings is 1. The molecule has 3 nitrogen and oxygen atoms in total. The Hall–Kier alpha value is -1.06. The Morgan fingerprint density at radius 1 is 1.38 bits per heavy atom. The Balaban J connectivity index is 2.82. The smallest absolute Gasteiger partial charge is 0.0637 e. The molecule has 0 fully saturated rings. The van der Waals surface area contributed by atoms with Gasteiger partial charge in [0, 0.05) is 31.9 Å². The van der Waals surface area contributed by atoms with E-state index in [1.165, 1.54) is 11.3 Å². The fourth-order valence-corrected chi connectivity index (χ4v) is 1.74. The number of methoxy groups -OCH3 is 1. The lowest BCUT2D eigenvalue weighted by Crippen LogP contribution is -2.33. The molecule has 0 saturated carbocycles. The molecule has 0 aliphatic carbocycles. The van der Waals surface area contributed by atoms with E-state index in [9.17, 15) is 0 Å². The minimum absolute atomic E-state index is 0.461. The third-order valence-corrected chi connectivity index (χ3v) is 2.64. The van der Waals surface area contributed by atoms with Crippen LogP contribution in [-0.2, 0) is 11.3 Å². The molecule has 1 aromatic carbocycles. The van der Waals surface area contributed by atoms with Gasteiger partial charge in [0.2, 0.25) is 0 Å². The summed E-state index contributed by atoms with van der Waals surface area (Å²) in [7, 11) is 1.73. The van der Waals surface area contributed by atoms with Gasteiger partial charge in [0.25, 0.3) is 0 Å². The van der Waals surface area contributed by atoms with Gasteiger partial charge in [-0.1, -0.05) is 12.1 Å². The topological polar surface area (TPSA) is 38.5 Å². The van der Waals surface area contributed by atoms with Crippen molar-refractivity contribution < 1.29 is 4.74 Å². The Morgan fingerprint density at radius 2 is 2.12 bits per heavy atom. The monoisotopic (exact) mass is 222 g/mol. The first-order chi connectivity index (χ1) is 7.69. The van der Waals surface area contributed by atoms with Crippen LogP contribution in [-0.4, -0.2) is 26.3 Å². The number of nitrogens with zero attached hydrogens (tertiary/aromatic N) is 1. The number of nitrogens with two attached hydrogens (primary N) is 1. The van der Waals surface area contributed by atoms with Gasteiger partial charge in [0.1, 0.15) is 0 Å². The molecule has 16 heavy (non-hydrogen) atoms. The van der Waals surface area contributed by atoms with Crippen molar-refractivity contribution in [3.05, 3.63) is 29.8 Å². The number of hydrogen-bond acceptors (Lipinski definition) is 3. The molecule has 90 valence electrons. The van der Waals surface area contributed by atoms with Crippen molar-refractivity contribution in [3.8, 4) is 0 Å². The standard InChI is InChI=1S/C13H22N2O/c1-11(2)15(7-8-16-3)13-6-4-5-12(9-13)10-14/h4-6,9,11H,7-8,10,14H2,1-3H3. The van der Waals surface area contributed by atoms with Gasteiger partial charge in [-0.15, -0.1) is 0 Å². The predicted molar refractivity (Wildman–Crippen MR) is 68.7 cm³/mol.